The van der Waals surface area contributed by atoms with Crippen LogP contribution in [0, 0.1) is 6.92 Å². The Morgan fingerprint density at radius 2 is 1.82 bits per heavy atom. The smallest absolute Gasteiger partial charge is 0.292 e. The van der Waals surface area contributed by atoms with E-state index in [1.54, 1.807) is 24.3 Å². The summed E-state index contributed by atoms with van der Waals surface area (Å²) >= 11 is 0. The standard InChI is InChI=1S/C17H14N2O3/c1-11-6-8-12(9-7-11)18-17(21)14(20)10-16-19-13-4-2-3-5-15(13)22-16/h2-9H,10H2,1H3,(H,18,21). The summed E-state index contributed by atoms with van der Waals surface area (Å²) in [7, 11) is 0. The largest absolute Gasteiger partial charge is 0.440 e. The second-order valence-electron chi connectivity index (χ2n) is 5.00. The fourth-order valence-corrected chi connectivity index (χ4v) is 2.05. The molecular weight excluding hydrogens is 280 g/mol. The van der Waals surface area contributed by atoms with Gasteiger partial charge in [-0.25, -0.2) is 4.98 Å². The number of ketones is 1. The van der Waals surface area contributed by atoms with E-state index in [0.717, 1.165) is 5.56 Å². The van der Waals surface area contributed by atoms with E-state index in [9.17, 15) is 9.59 Å². The fourth-order valence-electron chi connectivity index (χ4n) is 2.05. The van der Waals surface area contributed by atoms with Crippen molar-refractivity contribution < 1.29 is 14.0 Å². The zero-order valence-electron chi connectivity index (χ0n) is 12.0. The molecule has 5 heteroatoms. The first kappa shape index (κ1) is 14.0. The number of Topliss-reactive ketones (excluding diaryl/α,β-unsaturated/α-hetero) is 1. The van der Waals surface area contributed by atoms with Gasteiger partial charge in [-0.1, -0.05) is 29.8 Å². The van der Waals surface area contributed by atoms with Crippen LogP contribution in [-0.2, 0) is 16.0 Å². The highest BCUT2D eigenvalue weighted by Gasteiger charge is 2.18. The van der Waals surface area contributed by atoms with Gasteiger partial charge in [-0.05, 0) is 31.2 Å². The summed E-state index contributed by atoms with van der Waals surface area (Å²) in [6.07, 6.45) is -0.160. The van der Waals surface area contributed by atoms with Crippen molar-refractivity contribution in [3.8, 4) is 0 Å². The SMILES string of the molecule is Cc1ccc(NC(=O)C(=O)Cc2nc3ccccc3o2)cc1. The molecule has 1 heterocycles. The summed E-state index contributed by atoms with van der Waals surface area (Å²) in [4.78, 5) is 28.0. The first-order chi connectivity index (χ1) is 10.6. The molecule has 0 bridgehead atoms. The summed E-state index contributed by atoms with van der Waals surface area (Å²) < 4.78 is 5.44. The first-order valence-corrected chi connectivity index (χ1v) is 6.87. The number of benzene rings is 2. The van der Waals surface area contributed by atoms with E-state index >= 15 is 0 Å². The van der Waals surface area contributed by atoms with Crippen molar-refractivity contribution in [3.63, 3.8) is 0 Å². The molecule has 3 aromatic rings. The number of nitrogens with zero attached hydrogens (tertiary/aromatic N) is 1. The van der Waals surface area contributed by atoms with Crippen LogP contribution in [0.15, 0.2) is 52.9 Å². The Kier molecular flexibility index (Phi) is 3.70. The highest BCUT2D eigenvalue weighted by molar-refractivity contribution is 6.40. The van der Waals surface area contributed by atoms with Gasteiger partial charge in [-0.2, -0.15) is 0 Å². The number of carbonyl (C=O) groups is 2. The number of hydrogen-bond acceptors (Lipinski definition) is 4. The maximum absolute atomic E-state index is 11.9. The van der Waals surface area contributed by atoms with Gasteiger partial charge in [-0.3, -0.25) is 9.59 Å². The van der Waals surface area contributed by atoms with Crippen molar-refractivity contribution >= 4 is 28.5 Å². The van der Waals surface area contributed by atoms with E-state index < -0.39 is 11.7 Å². The first-order valence-electron chi connectivity index (χ1n) is 6.87. The van der Waals surface area contributed by atoms with Gasteiger partial charge in [0.1, 0.15) is 5.52 Å². The highest BCUT2D eigenvalue weighted by atomic mass is 16.3. The average molecular weight is 294 g/mol. The quantitative estimate of drug-likeness (QED) is 0.751. The van der Waals surface area contributed by atoms with E-state index in [1.165, 1.54) is 0 Å². The van der Waals surface area contributed by atoms with E-state index in [2.05, 4.69) is 10.3 Å². The second kappa shape index (κ2) is 5.81. The molecular formula is C17H14N2O3. The van der Waals surface area contributed by atoms with Crippen LogP contribution in [0.2, 0.25) is 0 Å². The number of anilines is 1. The third-order valence-corrected chi connectivity index (χ3v) is 3.21. The molecule has 110 valence electrons. The number of carbonyl (C=O) groups excluding carboxylic acids is 2. The van der Waals surface area contributed by atoms with Crippen LogP contribution in [-0.4, -0.2) is 16.7 Å². The van der Waals surface area contributed by atoms with Crippen molar-refractivity contribution in [2.75, 3.05) is 5.32 Å². The molecule has 22 heavy (non-hydrogen) atoms. The average Bonchev–Trinajstić information content (AvgIpc) is 2.91. The lowest BCUT2D eigenvalue weighted by Gasteiger charge is -2.03. The van der Waals surface area contributed by atoms with Crippen LogP contribution in [0.1, 0.15) is 11.5 Å². The van der Waals surface area contributed by atoms with Gasteiger partial charge in [0.05, 0.1) is 6.42 Å². The monoisotopic (exact) mass is 294 g/mol. The Hall–Kier alpha value is -2.95. The molecule has 2 aromatic carbocycles. The number of aryl methyl sites for hydroxylation is 1. The number of amides is 1. The van der Waals surface area contributed by atoms with E-state index in [4.69, 9.17) is 4.42 Å². The van der Waals surface area contributed by atoms with Crippen LogP contribution in [0.5, 0.6) is 0 Å². The summed E-state index contributed by atoms with van der Waals surface area (Å²) in [6, 6.07) is 14.4. The molecule has 3 rings (SSSR count). The minimum atomic E-state index is -0.675. The predicted molar refractivity (Wildman–Crippen MR) is 82.5 cm³/mol. The third kappa shape index (κ3) is 3.03. The zero-order valence-corrected chi connectivity index (χ0v) is 12.0. The minimum Gasteiger partial charge on any atom is -0.440 e. The molecule has 0 atom stereocenters. The minimum absolute atomic E-state index is 0.160. The number of aromatic nitrogens is 1. The molecule has 1 amide bonds. The Bertz CT molecular complexity index is 801. The fraction of sp³-hybridized carbons (Fsp3) is 0.118. The molecule has 0 fully saturated rings. The Labute approximate surface area is 127 Å². The van der Waals surface area contributed by atoms with Crippen LogP contribution in [0.4, 0.5) is 5.69 Å². The molecule has 0 aliphatic carbocycles. The molecule has 1 aromatic heterocycles. The van der Waals surface area contributed by atoms with Gasteiger partial charge >= 0.3 is 0 Å². The van der Waals surface area contributed by atoms with Crippen molar-refractivity contribution in [3.05, 3.63) is 60.0 Å². The molecule has 0 saturated heterocycles. The normalized spacial score (nSPS) is 10.6. The van der Waals surface area contributed by atoms with E-state index in [1.807, 2.05) is 31.2 Å². The molecule has 0 saturated carbocycles. The zero-order chi connectivity index (χ0) is 15.5. The lowest BCUT2D eigenvalue weighted by Crippen LogP contribution is -2.24. The summed E-state index contributed by atoms with van der Waals surface area (Å²) in [5.74, 6) is -1.02. The van der Waals surface area contributed by atoms with Gasteiger partial charge < -0.3 is 9.73 Å². The van der Waals surface area contributed by atoms with Crippen LogP contribution in [0.25, 0.3) is 11.1 Å². The van der Waals surface area contributed by atoms with Crippen molar-refractivity contribution in [1.29, 1.82) is 0 Å². The van der Waals surface area contributed by atoms with Crippen LogP contribution >= 0.6 is 0 Å². The number of rotatable bonds is 4. The highest BCUT2D eigenvalue weighted by Crippen LogP contribution is 2.15. The van der Waals surface area contributed by atoms with Gasteiger partial charge in [0.2, 0.25) is 11.7 Å². The molecule has 0 aliphatic rings. The topological polar surface area (TPSA) is 72.2 Å². The van der Waals surface area contributed by atoms with E-state index in [-0.39, 0.29) is 12.3 Å². The van der Waals surface area contributed by atoms with Gasteiger partial charge in [0, 0.05) is 5.69 Å². The summed E-state index contributed by atoms with van der Waals surface area (Å²) in [6.45, 7) is 1.95. The van der Waals surface area contributed by atoms with Gasteiger partial charge in [0.25, 0.3) is 5.91 Å². The second-order valence-corrected chi connectivity index (χ2v) is 5.00. The van der Waals surface area contributed by atoms with Crippen LogP contribution in [0.3, 0.4) is 0 Å². The molecule has 0 radical (unpaired) electrons. The Balaban J connectivity index is 1.68. The molecule has 0 aliphatic heterocycles. The number of fused-ring (bicyclic) bond motifs is 1. The molecule has 0 spiro atoms. The number of oxazole rings is 1. The Morgan fingerprint density at radius 1 is 1.09 bits per heavy atom. The lowest BCUT2D eigenvalue weighted by molar-refractivity contribution is -0.134. The third-order valence-electron chi connectivity index (χ3n) is 3.21. The van der Waals surface area contributed by atoms with Gasteiger partial charge in [-0.15, -0.1) is 0 Å². The number of hydrogen-bond donors (Lipinski definition) is 1. The van der Waals surface area contributed by atoms with Crippen molar-refractivity contribution in [2.45, 2.75) is 13.3 Å². The number of nitrogens with one attached hydrogen (secondary N) is 1. The van der Waals surface area contributed by atoms with Gasteiger partial charge in [0.15, 0.2) is 5.58 Å². The lowest BCUT2D eigenvalue weighted by atomic mass is 10.2. The summed E-state index contributed by atoms with van der Waals surface area (Å²) in [5.41, 5.74) is 2.94. The molecule has 0 unspecified atom stereocenters. The van der Waals surface area contributed by atoms with Crippen LogP contribution < -0.4 is 5.32 Å². The summed E-state index contributed by atoms with van der Waals surface area (Å²) in [5, 5.41) is 2.56. The molecule has 5 nitrogen and oxygen atoms in total. The maximum Gasteiger partial charge on any atom is 0.292 e. The number of para-hydroxylation sites is 2. The predicted octanol–water partition coefficient (Wildman–Crippen LogP) is 2.89. The van der Waals surface area contributed by atoms with E-state index in [0.29, 0.717) is 16.8 Å². The molecule has 1 N–H and O–H groups in total. The van der Waals surface area contributed by atoms with Crippen molar-refractivity contribution in [1.82, 2.24) is 4.98 Å². The Morgan fingerprint density at radius 3 is 2.55 bits per heavy atom. The van der Waals surface area contributed by atoms with Crippen molar-refractivity contribution in [2.24, 2.45) is 0 Å². The maximum atomic E-state index is 11.9.